The van der Waals surface area contributed by atoms with Crippen molar-refractivity contribution in [2.45, 2.75) is 26.7 Å². The van der Waals surface area contributed by atoms with Gasteiger partial charge in [0.05, 0.1) is 16.9 Å². The summed E-state index contributed by atoms with van der Waals surface area (Å²) in [4.78, 5) is 18.2. The molecule has 0 aliphatic carbocycles. The average Bonchev–Trinajstić information content (AvgIpc) is 2.46. The molecule has 5 nitrogen and oxygen atoms in total. The molecule has 0 atom stereocenters. The molecule has 1 N–H and O–H groups in total. The molecular weight excluding hydrogens is 252 g/mol. The average molecular weight is 272 g/mol. The Labute approximate surface area is 119 Å². The van der Waals surface area contributed by atoms with E-state index in [4.69, 9.17) is 0 Å². The van der Waals surface area contributed by atoms with Gasteiger partial charge < -0.3 is 10.2 Å². The molecule has 1 aliphatic rings. The second kappa shape index (κ2) is 5.91. The van der Waals surface area contributed by atoms with Gasteiger partial charge in [-0.3, -0.25) is 9.78 Å². The smallest absolute Gasteiger partial charge is 0.222 e. The number of carbonyl (C=O) groups is 1. The molecule has 2 heterocycles. The summed E-state index contributed by atoms with van der Waals surface area (Å²) in [5, 5.41) is 12.0. The Morgan fingerprint density at radius 3 is 2.65 bits per heavy atom. The first kappa shape index (κ1) is 14.3. The van der Waals surface area contributed by atoms with Crippen LogP contribution in [0, 0.1) is 31.1 Å². The molecule has 1 aromatic rings. The van der Waals surface area contributed by atoms with Crippen LogP contribution >= 0.6 is 0 Å². The Balaban J connectivity index is 2.19. The van der Waals surface area contributed by atoms with Crippen LogP contribution < -0.4 is 10.2 Å². The number of nitriles is 1. The van der Waals surface area contributed by atoms with Crippen LogP contribution in [0.15, 0.2) is 6.07 Å². The maximum Gasteiger partial charge on any atom is 0.222 e. The van der Waals surface area contributed by atoms with Crippen LogP contribution in [0.2, 0.25) is 0 Å². The summed E-state index contributed by atoms with van der Waals surface area (Å²) in [5.74, 6) is 0.207. The first-order valence-corrected chi connectivity index (χ1v) is 6.91. The van der Waals surface area contributed by atoms with E-state index in [9.17, 15) is 10.1 Å². The maximum absolute atomic E-state index is 11.6. The molecule has 1 aliphatic heterocycles. The second-order valence-electron chi connectivity index (χ2n) is 5.23. The molecule has 0 spiro atoms. The number of pyridine rings is 1. The highest BCUT2D eigenvalue weighted by Gasteiger charge is 2.26. The standard InChI is InChI=1S/C15H20N4O/c1-10-8-14(13(9-16)11(2)18-10)19-6-4-12(5-7-19)15(20)17-3/h8,12H,4-7H2,1-3H3,(H,17,20). The number of aromatic nitrogens is 1. The highest BCUT2D eigenvalue weighted by molar-refractivity contribution is 5.78. The highest BCUT2D eigenvalue weighted by Crippen LogP contribution is 2.28. The van der Waals surface area contributed by atoms with E-state index in [-0.39, 0.29) is 11.8 Å². The zero-order chi connectivity index (χ0) is 14.7. The van der Waals surface area contributed by atoms with Gasteiger partial charge in [-0.25, -0.2) is 0 Å². The summed E-state index contributed by atoms with van der Waals surface area (Å²) in [6.45, 7) is 5.41. The molecule has 0 bridgehead atoms. The number of piperidine rings is 1. The van der Waals surface area contributed by atoms with E-state index in [1.54, 1.807) is 7.05 Å². The van der Waals surface area contributed by atoms with E-state index in [1.807, 2.05) is 19.9 Å². The number of hydrogen-bond donors (Lipinski definition) is 1. The topological polar surface area (TPSA) is 69.0 Å². The molecule has 20 heavy (non-hydrogen) atoms. The summed E-state index contributed by atoms with van der Waals surface area (Å²) in [6.07, 6.45) is 1.65. The largest absolute Gasteiger partial charge is 0.370 e. The van der Waals surface area contributed by atoms with Crippen LogP contribution in [0.3, 0.4) is 0 Å². The number of aryl methyl sites for hydroxylation is 2. The Morgan fingerprint density at radius 1 is 1.45 bits per heavy atom. The van der Waals surface area contributed by atoms with Gasteiger partial charge in [0.15, 0.2) is 0 Å². The summed E-state index contributed by atoms with van der Waals surface area (Å²) < 4.78 is 0. The third-order valence-electron chi connectivity index (χ3n) is 3.87. The fourth-order valence-corrected chi connectivity index (χ4v) is 2.78. The first-order valence-electron chi connectivity index (χ1n) is 6.91. The number of hydrogen-bond acceptors (Lipinski definition) is 4. The molecule has 1 saturated heterocycles. The molecule has 0 aromatic carbocycles. The Hall–Kier alpha value is -2.09. The van der Waals surface area contributed by atoms with Gasteiger partial charge >= 0.3 is 0 Å². The minimum absolute atomic E-state index is 0.0887. The Kier molecular flexibility index (Phi) is 4.23. The van der Waals surface area contributed by atoms with Gasteiger partial charge in [-0.1, -0.05) is 0 Å². The molecule has 0 radical (unpaired) electrons. The molecule has 1 amide bonds. The van der Waals surface area contributed by atoms with Gasteiger partial charge in [0.1, 0.15) is 6.07 Å². The van der Waals surface area contributed by atoms with Gasteiger partial charge in [-0.05, 0) is 32.8 Å². The van der Waals surface area contributed by atoms with E-state index in [1.165, 1.54) is 0 Å². The van der Waals surface area contributed by atoms with Gasteiger partial charge in [-0.2, -0.15) is 5.26 Å². The summed E-state index contributed by atoms with van der Waals surface area (Å²) in [7, 11) is 1.68. The van der Waals surface area contributed by atoms with E-state index in [2.05, 4.69) is 21.3 Å². The lowest BCUT2D eigenvalue weighted by molar-refractivity contribution is -0.125. The van der Waals surface area contributed by atoms with E-state index in [0.717, 1.165) is 43.0 Å². The molecular formula is C15H20N4O. The van der Waals surface area contributed by atoms with Crippen molar-refractivity contribution in [3.05, 3.63) is 23.0 Å². The Morgan fingerprint density at radius 2 is 2.10 bits per heavy atom. The van der Waals surface area contributed by atoms with E-state index >= 15 is 0 Å². The predicted octanol–water partition coefficient (Wildman–Crippen LogP) is 1.53. The lowest BCUT2D eigenvalue weighted by atomic mass is 9.95. The van der Waals surface area contributed by atoms with E-state index < -0.39 is 0 Å². The van der Waals surface area contributed by atoms with Crippen molar-refractivity contribution in [3.63, 3.8) is 0 Å². The van der Waals surface area contributed by atoms with Crippen molar-refractivity contribution >= 4 is 11.6 Å². The van der Waals surface area contributed by atoms with Gasteiger partial charge in [0.2, 0.25) is 5.91 Å². The number of amides is 1. The lowest BCUT2D eigenvalue weighted by Gasteiger charge is -2.33. The molecule has 0 saturated carbocycles. The normalized spacial score (nSPS) is 15.8. The third-order valence-corrected chi connectivity index (χ3v) is 3.87. The van der Waals surface area contributed by atoms with Crippen LogP contribution in [-0.2, 0) is 4.79 Å². The van der Waals surface area contributed by atoms with Crippen molar-refractivity contribution in [2.75, 3.05) is 25.0 Å². The van der Waals surface area contributed by atoms with Crippen molar-refractivity contribution in [3.8, 4) is 6.07 Å². The minimum atomic E-state index is 0.0887. The number of rotatable bonds is 2. The number of nitrogens with zero attached hydrogens (tertiary/aromatic N) is 3. The van der Waals surface area contributed by atoms with Crippen LogP contribution in [0.5, 0.6) is 0 Å². The SMILES string of the molecule is CNC(=O)C1CCN(c2cc(C)nc(C)c2C#N)CC1. The third kappa shape index (κ3) is 2.74. The van der Waals surface area contributed by atoms with Crippen molar-refractivity contribution in [1.82, 2.24) is 10.3 Å². The minimum Gasteiger partial charge on any atom is -0.370 e. The van der Waals surface area contributed by atoms with Crippen LogP contribution in [0.25, 0.3) is 0 Å². The van der Waals surface area contributed by atoms with Gasteiger partial charge in [-0.15, -0.1) is 0 Å². The fraction of sp³-hybridized carbons (Fsp3) is 0.533. The van der Waals surface area contributed by atoms with Gasteiger partial charge in [0.25, 0.3) is 0 Å². The summed E-state index contributed by atoms with van der Waals surface area (Å²) in [5.41, 5.74) is 3.29. The fourth-order valence-electron chi connectivity index (χ4n) is 2.78. The number of carbonyl (C=O) groups excluding carboxylic acids is 1. The summed E-state index contributed by atoms with van der Waals surface area (Å²) >= 11 is 0. The predicted molar refractivity (Wildman–Crippen MR) is 77.4 cm³/mol. The number of nitrogens with one attached hydrogen (secondary N) is 1. The van der Waals surface area contributed by atoms with Crippen LogP contribution in [-0.4, -0.2) is 31.0 Å². The molecule has 0 unspecified atom stereocenters. The van der Waals surface area contributed by atoms with Crippen LogP contribution in [0.1, 0.15) is 29.8 Å². The number of anilines is 1. The Bertz CT molecular complexity index is 554. The molecule has 106 valence electrons. The molecule has 1 fully saturated rings. The highest BCUT2D eigenvalue weighted by atomic mass is 16.1. The zero-order valence-electron chi connectivity index (χ0n) is 12.2. The maximum atomic E-state index is 11.6. The quantitative estimate of drug-likeness (QED) is 0.886. The molecule has 1 aromatic heterocycles. The van der Waals surface area contributed by atoms with E-state index in [0.29, 0.717) is 5.56 Å². The van der Waals surface area contributed by atoms with Crippen molar-refractivity contribution in [1.29, 1.82) is 5.26 Å². The first-order chi connectivity index (χ1) is 9.56. The molecule has 2 rings (SSSR count). The zero-order valence-corrected chi connectivity index (χ0v) is 12.2. The monoisotopic (exact) mass is 272 g/mol. The second-order valence-corrected chi connectivity index (χ2v) is 5.23. The van der Waals surface area contributed by atoms with Gasteiger partial charge in [0, 0.05) is 31.7 Å². The lowest BCUT2D eigenvalue weighted by Crippen LogP contribution is -2.40. The molecule has 5 heteroatoms. The van der Waals surface area contributed by atoms with Crippen molar-refractivity contribution < 1.29 is 4.79 Å². The van der Waals surface area contributed by atoms with Crippen molar-refractivity contribution in [2.24, 2.45) is 5.92 Å². The summed E-state index contributed by atoms with van der Waals surface area (Å²) in [6, 6.07) is 4.21. The van der Waals surface area contributed by atoms with Crippen LogP contribution in [0.4, 0.5) is 5.69 Å².